The summed E-state index contributed by atoms with van der Waals surface area (Å²) in [5.74, 6) is -0.346. The van der Waals surface area contributed by atoms with Crippen molar-refractivity contribution in [3.8, 4) is 0 Å². The highest BCUT2D eigenvalue weighted by Gasteiger charge is 2.25. The molecule has 1 aromatic heterocycles. The van der Waals surface area contributed by atoms with Crippen LogP contribution in [0.5, 0.6) is 0 Å². The Bertz CT molecular complexity index is 742. The maximum absolute atomic E-state index is 12.9. The van der Waals surface area contributed by atoms with E-state index in [-0.39, 0.29) is 22.4 Å². The molecule has 0 saturated carbocycles. The summed E-state index contributed by atoms with van der Waals surface area (Å²) in [6.07, 6.45) is 1.17. The average molecular weight is 351 g/mol. The highest BCUT2D eigenvalue weighted by atomic mass is 35.7. The Morgan fingerprint density at radius 3 is 2.43 bits per heavy atom. The van der Waals surface area contributed by atoms with Crippen molar-refractivity contribution in [3.05, 3.63) is 46.5 Å². The predicted octanol–water partition coefficient (Wildman–Crippen LogP) is 3.60. The van der Waals surface area contributed by atoms with Gasteiger partial charge in [-0.15, -0.1) is 0 Å². The van der Waals surface area contributed by atoms with Gasteiger partial charge in [0.2, 0.25) is 0 Å². The topological polar surface area (TPSA) is 52.0 Å². The van der Waals surface area contributed by atoms with Gasteiger partial charge in [0.1, 0.15) is 15.9 Å². The van der Waals surface area contributed by atoms with E-state index in [0.29, 0.717) is 18.5 Å². The van der Waals surface area contributed by atoms with Crippen molar-refractivity contribution < 1.29 is 12.8 Å². The standard InChI is InChI=1S/C13H13Cl2FN2O2S/c1-2-3-11-12(21(15,19)20)13(14)18(17-11)8-9-4-6-10(16)7-5-9/h4-7H,2-3,8H2,1H3. The van der Waals surface area contributed by atoms with E-state index < -0.39 is 9.05 Å². The molecule has 0 aliphatic heterocycles. The lowest BCUT2D eigenvalue weighted by Crippen LogP contribution is -2.02. The molecule has 8 heteroatoms. The zero-order valence-corrected chi connectivity index (χ0v) is 13.5. The third-order valence-corrected chi connectivity index (χ3v) is 4.77. The Morgan fingerprint density at radius 2 is 1.90 bits per heavy atom. The van der Waals surface area contributed by atoms with Crippen LogP contribution in [0.1, 0.15) is 24.6 Å². The molecule has 0 aliphatic rings. The molecular formula is C13H13Cl2FN2O2S. The monoisotopic (exact) mass is 350 g/mol. The van der Waals surface area contributed by atoms with Crippen LogP contribution in [0.4, 0.5) is 4.39 Å². The minimum absolute atomic E-state index is 0.0298. The Morgan fingerprint density at radius 1 is 1.29 bits per heavy atom. The molecule has 0 radical (unpaired) electrons. The maximum Gasteiger partial charge on any atom is 0.266 e. The van der Waals surface area contributed by atoms with Crippen LogP contribution in [-0.4, -0.2) is 18.2 Å². The molecular weight excluding hydrogens is 338 g/mol. The fourth-order valence-corrected chi connectivity index (χ4v) is 3.83. The lowest BCUT2D eigenvalue weighted by Gasteiger charge is -2.03. The van der Waals surface area contributed by atoms with Crippen LogP contribution in [0.2, 0.25) is 5.15 Å². The molecule has 1 heterocycles. The van der Waals surface area contributed by atoms with Crippen molar-refractivity contribution in [3.63, 3.8) is 0 Å². The van der Waals surface area contributed by atoms with E-state index >= 15 is 0 Å². The first kappa shape index (κ1) is 16.3. The van der Waals surface area contributed by atoms with E-state index in [9.17, 15) is 12.8 Å². The first-order chi connectivity index (χ1) is 9.82. The summed E-state index contributed by atoms with van der Waals surface area (Å²) < 4.78 is 37.5. The molecule has 0 amide bonds. The first-order valence-corrected chi connectivity index (χ1v) is 8.96. The van der Waals surface area contributed by atoms with Crippen molar-refractivity contribution in [1.82, 2.24) is 9.78 Å². The molecule has 0 bridgehead atoms. The quantitative estimate of drug-likeness (QED) is 0.774. The van der Waals surface area contributed by atoms with Gasteiger partial charge < -0.3 is 0 Å². The highest BCUT2D eigenvalue weighted by Crippen LogP contribution is 2.29. The zero-order valence-electron chi connectivity index (χ0n) is 11.2. The molecule has 0 aliphatic carbocycles. The van der Waals surface area contributed by atoms with E-state index in [4.69, 9.17) is 22.3 Å². The fourth-order valence-electron chi connectivity index (χ4n) is 1.98. The van der Waals surface area contributed by atoms with Gasteiger partial charge in [-0.2, -0.15) is 5.10 Å². The second-order valence-corrected chi connectivity index (χ2v) is 7.40. The van der Waals surface area contributed by atoms with Gasteiger partial charge in [0.15, 0.2) is 0 Å². The molecule has 0 atom stereocenters. The van der Waals surface area contributed by atoms with Gasteiger partial charge in [0.25, 0.3) is 9.05 Å². The molecule has 0 unspecified atom stereocenters. The van der Waals surface area contributed by atoms with Gasteiger partial charge in [0, 0.05) is 10.7 Å². The van der Waals surface area contributed by atoms with E-state index in [2.05, 4.69) is 5.10 Å². The number of rotatable bonds is 5. The summed E-state index contributed by atoms with van der Waals surface area (Å²) in [7, 11) is 1.46. The molecule has 21 heavy (non-hydrogen) atoms. The molecule has 0 N–H and O–H groups in total. The molecule has 2 aromatic rings. The molecule has 4 nitrogen and oxygen atoms in total. The smallest absolute Gasteiger partial charge is 0.248 e. The SMILES string of the molecule is CCCc1nn(Cc2ccc(F)cc2)c(Cl)c1S(=O)(=O)Cl. The van der Waals surface area contributed by atoms with Gasteiger partial charge >= 0.3 is 0 Å². The van der Waals surface area contributed by atoms with Crippen molar-refractivity contribution in [2.45, 2.75) is 31.2 Å². The summed E-state index contributed by atoms with van der Waals surface area (Å²) in [4.78, 5) is -0.144. The summed E-state index contributed by atoms with van der Waals surface area (Å²) in [5.41, 5.74) is 1.10. The summed E-state index contributed by atoms with van der Waals surface area (Å²) in [6, 6.07) is 5.81. The summed E-state index contributed by atoms with van der Waals surface area (Å²) >= 11 is 6.09. The van der Waals surface area contributed by atoms with Crippen LogP contribution < -0.4 is 0 Å². The fraction of sp³-hybridized carbons (Fsp3) is 0.308. The van der Waals surface area contributed by atoms with Crippen molar-refractivity contribution in [2.24, 2.45) is 0 Å². The van der Waals surface area contributed by atoms with Crippen LogP contribution in [0, 0.1) is 5.82 Å². The maximum atomic E-state index is 12.9. The summed E-state index contributed by atoms with van der Waals surface area (Å²) in [5, 5.41) is 4.18. The highest BCUT2D eigenvalue weighted by molar-refractivity contribution is 8.13. The molecule has 2 rings (SSSR count). The number of halogens is 3. The van der Waals surface area contributed by atoms with E-state index in [1.165, 1.54) is 16.8 Å². The molecule has 114 valence electrons. The van der Waals surface area contributed by atoms with Gasteiger partial charge in [-0.3, -0.25) is 0 Å². The van der Waals surface area contributed by atoms with Crippen LogP contribution in [0.15, 0.2) is 29.2 Å². The van der Waals surface area contributed by atoms with Crippen molar-refractivity contribution in [2.75, 3.05) is 0 Å². The Kier molecular flexibility index (Phi) is 4.91. The number of nitrogens with zero attached hydrogens (tertiary/aromatic N) is 2. The van der Waals surface area contributed by atoms with Crippen LogP contribution in [-0.2, 0) is 22.0 Å². The molecule has 0 fully saturated rings. The minimum Gasteiger partial charge on any atom is -0.248 e. The lowest BCUT2D eigenvalue weighted by molar-refractivity contribution is 0.608. The summed E-state index contributed by atoms with van der Waals surface area (Å²) in [6.45, 7) is 2.14. The van der Waals surface area contributed by atoms with Gasteiger partial charge in [0.05, 0.1) is 12.2 Å². The predicted molar refractivity (Wildman–Crippen MR) is 79.8 cm³/mol. The second kappa shape index (κ2) is 6.34. The molecule has 0 saturated heterocycles. The number of hydrogen-bond acceptors (Lipinski definition) is 3. The third-order valence-electron chi connectivity index (χ3n) is 2.89. The van der Waals surface area contributed by atoms with Crippen LogP contribution >= 0.6 is 22.3 Å². The Hall–Kier alpha value is -1.11. The largest absolute Gasteiger partial charge is 0.266 e. The number of benzene rings is 1. The number of hydrogen-bond donors (Lipinski definition) is 0. The lowest BCUT2D eigenvalue weighted by atomic mass is 10.2. The van der Waals surface area contributed by atoms with Crippen LogP contribution in [0.25, 0.3) is 0 Å². The van der Waals surface area contributed by atoms with Gasteiger partial charge in [-0.25, -0.2) is 17.5 Å². The van der Waals surface area contributed by atoms with E-state index in [1.54, 1.807) is 12.1 Å². The minimum atomic E-state index is -3.97. The van der Waals surface area contributed by atoms with E-state index in [1.807, 2.05) is 6.92 Å². The van der Waals surface area contributed by atoms with Gasteiger partial charge in [-0.05, 0) is 24.1 Å². The van der Waals surface area contributed by atoms with E-state index in [0.717, 1.165) is 5.56 Å². The Balaban J connectivity index is 2.43. The van der Waals surface area contributed by atoms with Crippen LogP contribution in [0.3, 0.4) is 0 Å². The van der Waals surface area contributed by atoms with Crippen molar-refractivity contribution in [1.29, 1.82) is 0 Å². The van der Waals surface area contributed by atoms with Gasteiger partial charge in [-0.1, -0.05) is 37.1 Å². The number of aryl methyl sites for hydroxylation is 1. The molecule has 1 aromatic carbocycles. The Labute approximate surface area is 131 Å². The normalized spacial score (nSPS) is 11.8. The van der Waals surface area contributed by atoms with Crippen molar-refractivity contribution >= 4 is 31.3 Å². The average Bonchev–Trinajstić information content (AvgIpc) is 2.69. The zero-order chi connectivity index (χ0) is 15.6. The molecule has 0 spiro atoms. The first-order valence-electron chi connectivity index (χ1n) is 6.27. The third kappa shape index (κ3) is 3.75. The second-order valence-electron chi connectivity index (χ2n) is 4.54. The number of aromatic nitrogens is 2.